The van der Waals surface area contributed by atoms with Gasteiger partial charge in [0.1, 0.15) is 0 Å². The quantitative estimate of drug-likeness (QED) is 0.845. The summed E-state index contributed by atoms with van der Waals surface area (Å²) in [6.07, 6.45) is 5.73. The number of carboxylic acid groups (broad SMARTS) is 1. The summed E-state index contributed by atoms with van der Waals surface area (Å²) in [4.78, 5) is 25.5. The Bertz CT molecular complexity index is 365. The Morgan fingerprint density at radius 1 is 1.24 bits per heavy atom. The highest BCUT2D eigenvalue weighted by molar-refractivity contribution is 5.79. The van der Waals surface area contributed by atoms with E-state index in [1.165, 1.54) is 0 Å². The molecule has 120 valence electrons. The van der Waals surface area contributed by atoms with E-state index in [0.717, 1.165) is 51.9 Å². The molecule has 1 N–H and O–H groups in total. The molecule has 2 heterocycles. The molecule has 2 fully saturated rings. The molecule has 5 nitrogen and oxygen atoms in total. The van der Waals surface area contributed by atoms with Gasteiger partial charge in [-0.3, -0.25) is 9.59 Å². The number of hydrogen-bond donors (Lipinski definition) is 1. The van der Waals surface area contributed by atoms with E-state index in [1.54, 1.807) is 0 Å². The monoisotopic (exact) mass is 297 g/mol. The van der Waals surface area contributed by atoms with Crippen LogP contribution in [0.15, 0.2) is 0 Å². The van der Waals surface area contributed by atoms with Gasteiger partial charge >= 0.3 is 5.97 Å². The summed E-state index contributed by atoms with van der Waals surface area (Å²) >= 11 is 0. The van der Waals surface area contributed by atoms with Crippen molar-refractivity contribution in [2.45, 2.75) is 57.9 Å². The number of ether oxygens (including phenoxy) is 1. The van der Waals surface area contributed by atoms with Crippen LogP contribution < -0.4 is 0 Å². The molecule has 5 heteroatoms. The first-order valence-electron chi connectivity index (χ1n) is 8.19. The lowest BCUT2D eigenvalue weighted by atomic mass is 9.85. The summed E-state index contributed by atoms with van der Waals surface area (Å²) in [5.74, 6) is -0.116. The highest BCUT2D eigenvalue weighted by Gasteiger charge is 2.33. The molecule has 0 aromatic heterocycles. The van der Waals surface area contributed by atoms with Gasteiger partial charge in [-0.05, 0) is 44.4 Å². The third-order valence-electron chi connectivity index (χ3n) is 4.96. The van der Waals surface area contributed by atoms with Crippen molar-refractivity contribution in [1.29, 1.82) is 0 Å². The van der Waals surface area contributed by atoms with E-state index in [4.69, 9.17) is 9.84 Å². The fourth-order valence-corrected chi connectivity index (χ4v) is 3.56. The Morgan fingerprint density at radius 2 is 1.95 bits per heavy atom. The Morgan fingerprint density at radius 3 is 2.62 bits per heavy atom. The predicted molar refractivity (Wildman–Crippen MR) is 78.9 cm³/mol. The molecule has 2 saturated heterocycles. The van der Waals surface area contributed by atoms with Crippen molar-refractivity contribution in [2.24, 2.45) is 11.8 Å². The fraction of sp³-hybridized carbons (Fsp3) is 0.875. The van der Waals surface area contributed by atoms with Crippen LogP contribution in [0.25, 0.3) is 0 Å². The summed E-state index contributed by atoms with van der Waals surface area (Å²) in [6, 6.07) is 0.115. The average molecular weight is 297 g/mol. The van der Waals surface area contributed by atoms with Gasteiger partial charge < -0.3 is 14.7 Å². The smallest absolute Gasteiger partial charge is 0.303 e. The van der Waals surface area contributed by atoms with E-state index in [2.05, 4.69) is 0 Å². The van der Waals surface area contributed by atoms with E-state index in [1.807, 2.05) is 11.8 Å². The molecule has 0 saturated carbocycles. The van der Waals surface area contributed by atoms with Gasteiger partial charge in [0.25, 0.3) is 0 Å². The van der Waals surface area contributed by atoms with Crippen molar-refractivity contribution in [3.63, 3.8) is 0 Å². The molecule has 2 unspecified atom stereocenters. The zero-order valence-electron chi connectivity index (χ0n) is 12.9. The van der Waals surface area contributed by atoms with Crippen molar-refractivity contribution < 1.29 is 19.4 Å². The SMILES string of the molecule is CC(C(=O)N1CCCCC1CCC(=O)O)C1CCOCC1. The lowest BCUT2D eigenvalue weighted by Crippen LogP contribution is -2.47. The molecule has 21 heavy (non-hydrogen) atoms. The number of carbonyl (C=O) groups is 2. The first-order chi connectivity index (χ1) is 10.1. The summed E-state index contributed by atoms with van der Waals surface area (Å²) in [5.41, 5.74) is 0. The lowest BCUT2D eigenvalue weighted by Gasteiger charge is -2.39. The Hall–Kier alpha value is -1.10. The van der Waals surface area contributed by atoms with Crippen LogP contribution in [0.4, 0.5) is 0 Å². The molecule has 0 aromatic carbocycles. The number of likely N-dealkylation sites (tertiary alicyclic amines) is 1. The highest BCUT2D eigenvalue weighted by atomic mass is 16.5. The molecule has 0 aromatic rings. The molecular formula is C16H27NO4. The van der Waals surface area contributed by atoms with E-state index in [0.29, 0.717) is 12.3 Å². The first-order valence-corrected chi connectivity index (χ1v) is 8.19. The third kappa shape index (κ3) is 4.43. The van der Waals surface area contributed by atoms with Gasteiger partial charge in [0, 0.05) is 38.1 Å². The maximum Gasteiger partial charge on any atom is 0.303 e. The fourth-order valence-electron chi connectivity index (χ4n) is 3.56. The third-order valence-corrected chi connectivity index (χ3v) is 4.96. The minimum absolute atomic E-state index is 0.0272. The van der Waals surface area contributed by atoms with Crippen LogP contribution in [-0.4, -0.2) is 47.7 Å². The second kappa shape index (κ2) is 7.78. The van der Waals surface area contributed by atoms with E-state index in [-0.39, 0.29) is 24.3 Å². The molecule has 0 bridgehead atoms. The van der Waals surface area contributed by atoms with Gasteiger partial charge in [0.2, 0.25) is 5.91 Å². The van der Waals surface area contributed by atoms with Crippen molar-refractivity contribution in [2.75, 3.05) is 19.8 Å². The van der Waals surface area contributed by atoms with Crippen LogP contribution in [-0.2, 0) is 14.3 Å². The Balaban J connectivity index is 1.94. The second-order valence-electron chi connectivity index (χ2n) is 6.35. The lowest BCUT2D eigenvalue weighted by molar-refractivity contribution is -0.144. The number of nitrogens with zero attached hydrogens (tertiary/aromatic N) is 1. The van der Waals surface area contributed by atoms with E-state index in [9.17, 15) is 9.59 Å². The van der Waals surface area contributed by atoms with Crippen LogP contribution in [0.1, 0.15) is 51.9 Å². The molecule has 2 aliphatic heterocycles. The van der Waals surface area contributed by atoms with Crippen LogP contribution in [0.5, 0.6) is 0 Å². The van der Waals surface area contributed by atoms with Crippen molar-refractivity contribution >= 4 is 11.9 Å². The topological polar surface area (TPSA) is 66.8 Å². The molecule has 2 rings (SSSR count). The maximum atomic E-state index is 12.8. The van der Waals surface area contributed by atoms with Crippen LogP contribution in [0, 0.1) is 11.8 Å². The zero-order valence-corrected chi connectivity index (χ0v) is 12.9. The number of piperidine rings is 1. The van der Waals surface area contributed by atoms with Gasteiger partial charge in [0.15, 0.2) is 0 Å². The summed E-state index contributed by atoms with van der Waals surface area (Å²) < 4.78 is 5.37. The number of amides is 1. The highest BCUT2D eigenvalue weighted by Crippen LogP contribution is 2.29. The van der Waals surface area contributed by atoms with Crippen molar-refractivity contribution in [1.82, 2.24) is 4.90 Å². The number of carbonyl (C=O) groups excluding carboxylic acids is 1. The van der Waals surface area contributed by atoms with E-state index < -0.39 is 5.97 Å². The maximum absolute atomic E-state index is 12.8. The number of rotatable bonds is 5. The second-order valence-corrected chi connectivity index (χ2v) is 6.35. The Kier molecular flexibility index (Phi) is 6.03. The van der Waals surface area contributed by atoms with Gasteiger partial charge in [-0.1, -0.05) is 6.92 Å². The Labute approximate surface area is 126 Å². The predicted octanol–water partition coefficient (Wildman–Crippen LogP) is 2.30. The van der Waals surface area contributed by atoms with Crippen molar-refractivity contribution in [3.8, 4) is 0 Å². The van der Waals surface area contributed by atoms with E-state index >= 15 is 0 Å². The average Bonchev–Trinajstić information content (AvgIpc) is 2.52. The zero-order chi connectivity index (χ0) is 15.2. The number of carboxylic acids is 1. The van der Waals surface area contributed by atoms with Gasteiger partial charge in [0.05, 0.1) is 0 Å². The largest absolute Gasteiger partial charge is 0.481 e. The molecular weight excluding hydrogens is 270 g/mol. The summed E-state index contributed by atoms with van der Waals surface area (Å²) in [5, 5.41) is 8.86. The minimum atomic E-state index is -0.773. The normalized spacial score (nSPS) is 25.6. The first kappa shape index (κ1) is 16.3. The number of aliphatic carboxylic acids is 1. The number of hydrogen-bond acceptors (Lipinski definition) is 3. The molecule has 2 aliphatic rings. The minimum Gasteiger partial charge on any atom is -0.481 e. The van der Waals surface area contributed by atoms with Crippen LogP contribution >= 0.6 is 0 Å². The van der Waals surface area contributed by atoms with Gasteiger partial charge in [-0.2, -0.15) is 0 Å². The van der Waals surface area contributed by atoms with Crippen LogP contribution in [0.3, 0.4) is 0 Å². The molecule has 0 aliphatic carbocycles. The molecule has 1 amide bonds. The standard InChI is InChI=1S/C16H27NO4/c1-12(13-7-10-21-11-8-13)16(20)17-9-3-2-4-14(17)5-6-15(18)19/h12-14H,2-11H2,1H3,(H,18,19). The summed E-state index contributed by atoms with van der Waals surface area (Å²) in [7, 11) is 0. The molecule has 0 radical (unpaired) electrons. The van der Waals surface area contributed by atoms with Gasteiger partial charge in [-0.15, -0.1) is 0 Å². The van der Waals surface area contributed by atoms with Crippen molar-refractivity contribution in [3.05, 3.63) is 0 Å². The van der Waals surface area contributed by atoms with Crippen LogP contribution in [0.2, 0.25) is 0 Å². The van der Waals surface area contributed by atoms with Gasteiger partial charge in [-0.25, -0.2) is 0 Å². The molecule has 0 spiro atoms. The molecule has 2 atom stereocenters. The summed E-state index contributed by atoms with van der Waals surface area (Å²) in [6.45, 7) is 4.33.